The lowest BCUT2D eigenvalue weighted by molar-refractivity contribution is -0.119. The number of nitrogens with zero attached hydrogens (tertiary/aromatic N) is 1. The molecule has 1 heterocycles. The smallest absolute Gasteiger partial charge is 0.229 e. The highest BCUT2D eigenvalue weighted by Gasteiger charge is 2.28. The van der Waals surface area contributed by atoms with E-state index in [2.05, 4.69) is 17.2 Å². The molecule has 2 unspecified atom stereocenters. The Morgan fingerprint density at radius 2 is 2.28 bits per heavy atom. The Kier molecular flexibility index (Phi) is 5.56. The molecule has 0 radical (unpaired) electrons. The van der Waals surface area contributed by atoms with Crippen molar-refractivity contribution in [3.05, 3.63) is 10.6 Å². The maximum atomic E-state index is 12.0. The van der Waals surface area contributed by atoms with Gasteiger partial charge in [0, 0.05) is 16.8 Å². The minimum atomic E-state index is 0. The van der Waals surface area contributed by atoms with Crippen LogP contribution in [0.5, 0.6) is 0 Å². The molecule has 18 heavy (non-hydrogen) atoms. The van der Waals surface area contributed by atoms with Crippen LogP contribution < -0.4 is 11.1 Å². The van der Waals surface area contributed by atoms with Crippen LogP contribution in [-0.4, -0.2) is 16.9 Å². The highest BCUT2D eigenvalue weighted by atomic mass is 35.5. The summed E-state index contributed by atoms with van der Waals surface area (Å²) in [4.78, 5) is 17.6. The Morgan fingerprint density at radius 1 is 1.56 bits per heavy atom. The van der Waals surface area contributed by atoms with Gasteiger partial charge >= 0.3 is 0 Å². The molecule has 0 aliphatic heterocycles. The van der Waals surface area contributed by atoms with E-state index in [9.17, 15) is 4.79 Å². The van der Waals surface area contributed by atoms with E-state index in [1.165, 1.54) is 4.88 Å². The molecule has 2 rings (SSSR count). The number of amides is 1. The van der Waals surface area contributed by atoms with E-state index in [-0.39, 0.29) is 30.3 Å². The largest absolute Gasteiger partial charge is 0.328 e. The fraction of sp³-hybridized carbons (Fsp3) is 0.667. The summed E-state index contributed by atoms with van der Waals surface area (Å²) in [5.41, 5.74) is 6.89. The number of halogens is 1. The number of rotatable bonds is 3. The lowest BCUT2D eigenvalue weighted by Gasteiger charge is -2.08. The van der Waals surface area contributed by atoms with Gasteiger partial charge in [0.1, 0.15) is 0 Å². The van der Waals surface area contributed by atoms with Crippen molar-refractivity contribution in [1.82, 2.24) is 4.98 Å². The highest BCUT2D eigenvalue weighted by Crippen LogP contribution is 2.27. The highest BCUT2D eigenvalue weighted by molar-refractivity contribution is 7.15. The number of anilines is 1. The second kappa shape index (κ2) is 6.50. The van der Waals surface area contributed by atoms with Crippen LogP contribution in [0.25, 0.3) is 0 Å². The van der Waals surface area contributed by atoms with E-state index in [1.54, 1.807) is 11.3 Å². The first-order valence-corrected chi connectivity index (χ1v) is 6.94. The first-order chi connectivity index (χ1) is 8.10. The van der Waals surface area contributed by atoms with E-state index in [0.29, 0.717) is 0 Å². The number of carbonyl (C=O) groups is 1. The molecule has 1 saturated carbocycles. The third kappa shape index (κ3) is 3.43. The summed E-state index contributed by atoms with van der Waals surface area (Å²) in [5, 5.41) is 3.64. The van der Waals surface area contributed by atoms with Crippen molar-refractivity contribution in [2.75, 3.05) is 5.32 Å². The van der Waals surface area contributed by atoms with Gasteiger partial charge in [0.2, 0.25) is 5.91 Å². The molecule has 1 fully saturated rings. The predicted molar refractivity (Wildman–Crippen MR) is 77.4 cm³/mol. The molecule has 1 aromatic heterocycles. The van der Waals surface area contributed by atoms with Crippen molar-refractivity contribution < 1.29 is 4.79 Å². The zero-order chi connectivity index (χ0) is 12.4. The van der Waals surface area contributed by atoms with E-state index in [1.807, 2.05) is 6.92 Å². The second-order valence-electron chi connectivity index (χ2n) is 4.63. The molecule has 6 heteroatoms. The standard InChI is InChI=1S/C12H19N3OS.ClH/c1-3-10-7(2)17-12(14-10)15-11(16)8-4-5-9(13)6-8;/h8-9H,3-6,13H2,1-2H3,(H,14,15,16);1H. The molecule has 0 aromatic carbocycles. The molecule has 1 aliphatic rings. The van der Waals surface area contributed by atoms with Crippen LogP contribution >= 0.6 is 23.7 Å². The van der Waals surface area contributed by atoms with Crippen molar-refractivity contribution >= 4 is 34.8 Å². The van der Waals surface area contributed by atoms with Gasteiger partial charge in [0.25, 0.3) is 0 Å². The lowest BCUT2D eigenvalue weighted by atomic mass is 10.1. The summed E-state index contributed by atoms with van der Waals surface area (Å²) in [6.45, 7) is 4.11. The number of aryl methyl sites for hydroxylation is 2. The Morgan fingerprint density at radius 3 is 2.78 bits per heavy atom. The fourth-order valence-electron chi connectivity index (χ4n) is 2.27. The van der Waals surface area contributed by atoms with Crippen LogP contribution in [0.15, 0.2) is 0 Å². The minimum Gasteiger partial charge on any atom is -0.328 e. The van der Waals surface area contributed by atoms with Gasteiger partial charge in [0.05, 0.1) is 5.69 Å². The van der Waals surface area contributed by atoms with Crippen LogP contribution in [0, 0.1) is 12.8 Å². The SMILES string of the molecule is CCc1nc(NC(=O)C2CCC(N)C2)sc1C.Cl. The molecule has 3 N–H and O–H groups in total. The van der Waals surface area contributed by atoms with Crippen LogP contribution in [0.4, 0.5) is 5.13 Å². The van der Waals surface area contributed by atoms with Crippen molar-refractivity contribution in [3.63, 3.8) is 0 Å². The van der Waals surface area contributed by atoms with Gasteiger partial charge in [-0.1, -0.05) is 6.92 Å². The van der Waals surface area contributed by atoms with E-state index >= 15 is 0 Å². The van der Waals surface area contributed by atoms with Gasteiger partial charge in [-0.3, -0.25) is 4.79 Å². The van der Waals surface area contributed by atoms with Crippen molar-refractivity contribution in [2.45, 2.75) is 45.6 Å². The van der Waals surface area contributed by atoms with Gasteiger partial charge in [-0.25, -0.2) is 4.98 Å². The van der Waals surface area contributed by atoms with Gasteiger partial charge in [-0.05, 0) is 32.6 Å². The Hall–Kier alpha value is -0.650. The molecule has 2 atom stereocenters. The summed E-state index contributed by atoms with van der Waals surface area (Å²) in [7, 11) is 0. The number of aromatic nitrogens is 1. The number of hydrogen-bond donors (Lipinski definition) is 2. The Labute approximate surface area is 118 Å². The zero-order valence-corrected chi connectivity index (χ0v) is 12.4. The summed E-state index contributed by atoms with van der Waals surface area (Å²) in [6, 6.07) is 0.190. The number of nitrogens with two attached hydrogens (primary N) is 1. The van der Waals surface area contributed by atoms with E-state index in [4.69, 9.17) is 5.73 Å². The molecule has 0 saturated heterocycles. The van der Waals surface area contributed by atoms with Gasteiger partial charge in [0.15, 0.2) is 5.13 Å². The van der Waals surface area contributed by atoms with E-state index < -0.39 is 0 Å². The minimum absolute atomic E-state index is 0. The summed E-state index contributed by atoms with van der Waals surface area (Å²) in [6.07, 6.45) is 3.57. The number of carbonyl (C=O) groups excluding carboxylic acids is 1. The molecule has 1 aromatic rings. The monoisotopic (exact) mass is 289 g/mol. The number of hydrogen-bond acceptors (Lipinski definition) is 4. The molecular weight excluding hydrogens is 270 g/mol. The molecule has 0 spiro atoms. The third-order valence-corrected chi connectivity index (χ3v) is 4.23. The van der Waals surface area contributed by atoms with E-state index in [0.717, 1.165) is 36.5 Å². The molecule has 0 bridgehead atoms. The molecule has 1 amide bonds. The first kappa shape index (κ1) is 15.4. The third-order valence-electron chi connectivity index (χ3n) is 3.30. The number of nitrogens with one attached hydrogen (secondary N) is 1. The number of thiazole rings is 1. The first-order valence-electron chi connectivity index (χ1n) is 6.13. The normalized spacial score (nSPS) is 22.6. The molecular formula is C12H20ClN3OS. The topological polar surface area (TPSA) is 68.0 Å². The zero-order valence-electron chi connectivity index (χ0n) is 10.7. The van der Waals surface area contributed by atoms with Crippen molar-refractivity contribution in [1.29, 1.82) is 0 Å². The predicted octanol–water partition coefficient (Wildman–Crippen LogP) is 2.50. The van der Waals surface area contributed by atoms with Crippen LogP contribution in [0.1, 0.15) is 36.8 Å². The average molecular weight is 290 g/mol. The quantitative estimate of drug-likeness (QED) is 0.898. The maximum absolute atomic E-state index is 12.0. The molecule has 102 valence electrons. The Balaban J connectivity index is 0.00000162. The Bertz CT molecular complexity index is 421. The van der Waals surface area contributed by atoms with Crippen molar-refractivity contribution in [2.24, 2.45) is 11.7 Å². The van der Waals surface area contributed by atoms with Crippen molar-refractivity contribution in [3.8, 4) is 0 Å². The molecule has 1 aliphatic carbocycles. The summed E-state index contributed by atoms with van der Waals surface area (Å²) in [5.74, 6) is 0.147. The molecule has 4 nitrogen and oxygen atoms in total. The van der Waals surface area contributed by atoms with Gasteiger partial charge in [-0.2, -0.15) is 0 Å². The summed E-state index contributed by atoms with van der Waals surface area (Å²) >= 11 is 1.55. The fourth-order valence-corrected chi connectivity index (χ4v) is 3.18. The van der Waals surface area contributed by atoms with Gasteiger partial charge in [-0.15, -0.1) is 23.7 Å². The van der Waals surface area contributed by atoms with Crippen LogP contribution in [0.2, 0.25) is 0 Å². The summed E-state index contributed by atoms with van der Waals surface area (Å²) < 4.78 is 0. The average Bonchev–Trinajstić information content (AvgIpc) is 2.85. The van der Waals surface area contributed by atoms with Crippen LogP contribution in [0.3, 0.4) is 0 Å². The van der Waals surface area contributed by atoms with Gasteiger partial charge < -0.3 is 11.1 Å². The second-order valence-corrected chi connectivity index (χ2v) is 5.84. The van der Waals surface area contributed by atoms with Crippen LogP contribution in [-0.2, 0) is 11.2 Å². The maximum Gasteiger partial charge on any atom is 0.229 e. The lowest BCUT2D eigenvalue weighted by Crippen LogP contribution is -2.23.